The van der Waals surface area contributed by atoms with Crippen LogP contribution in [-0.2, 0) is 17.5 Å². The van der Waals surface area contributed by atoms with E-state index in [0.29, 0.717) is 11.6 Å². The third kappa shape index (κ3) is 5.41. The number of rotatable bonds is 7. The summed E-state index contributed by atoms with van der Waals surface area (Å²) in [7, 11) is 1.48. The summed E-state index contributed by atoms with van der Waals surface area (Å²) < 4.78 is 51.7. The molecular weight excluding hydrogens is 382 g/mol. The maximum Gasteiger partial charge on any atom is 0.416 e. The zero-order chi connectivity index (χ0) is 20.9. The summed E-state index contributed by atoms with van der Waals surface area (Å²) >= 11 is 0. The summed E-state index contributed by atoms with van der Waals surface area (Å²) in [5.41, 5.74) is -1.65. The SMILES string of the molecule is CN(Cc1ccccc1F)C(=O)CCNc1ccc(C(F)(F)F)cc1[N+](=O)[O-]. The van der Waals surface area contributed by atoms with Crippen molar-refractivity contribution in [2.24, 2.45) is 0 Å². The monoisotopic (exact) mass is 399 g/mol. The summed E-state index contributed by atoms with van der Waals surface area (Å²) in [6, 6.07) is 8.11. The molecule has 0 aliphatic carbocycles. The number of hydrogen-bond acceptors (Lipinski definition) is 4. The van der Waals surface area contributed by atoms with Crippen molar-refractivity contribution in [2.75, 3.05) is 18.9 Å². The molecule has 2 rings (SSSR count). The van der Waals surface area contributed by atoms with Crippen LogP contribution in [0.5, 0.6) is 0 Å². The maximum absolute atomic E-state index is 13.6. The summed E-state index contributed by atoms with van der Waals surface area (Å²) in [5.74, 6) is -0.800. The normalized spacial score (nSPS) is 11.2. The maximum atomic E-state index is 13.6. The van der Waals surface area contributed by atoms with Gasteiger partial charge in [0.1, 0.15) is 11.5 Å². The highest BCUT2D eigenvalue weighted by molar-refractivity contribution is 5.76. The van der Waals surface area contributed by atoms with Gasteiger partial charge in [-0.05, 0) is 18.2 Å². The number of amides is 1. The number of anilines is 1. The van der Waals surface area contributed by atoms with Crippen molar-refractivity contribution in [3.05, 3.63) is 69.5 Å². The molecule has 150 valence electrons. The van der Waals surface area contributed by atoms with Crippen LogP contribution in [-0.4, -0.2) is 29.3 Å². The lowest BCUT2D eigenvalue weighted by Crippen LogP contribution is -2.28. The zero-order valence-electron chi connectivity index (χ0n) is 14.8. The summed E-state index contributed by atoms with van der Waals surface area (Å²) in [6.07, 6.45) is -4.78. The fraction of sp³-hybridized carbons (Fsp3) is 0.278. The number of carbonyl (C=O) groups excluding carboxylic acids is 1. The van der Waals surface area contributed by atoms with Gasteiger partial charge in [-0.1, -0.05) is 18.2 Å². The Labute approximate surface area is 157 Å². The highest BCUT2D eigenvalue weighted by Crippen LogP contribution is 2.34. The molecule has 0 saturated heterocycles. The molecule has 0 aliphatic heterocycles. The van der Waals surface area contributed by atoms with Crippen molar-refractivity contribution in [1.82, 2.24) is 4.90 Å². The Bertz CT molecular complexity index is 871. The number of nitro benzene ring substituents is 1. The third-order valence-corrected chi connectivity index (χ3v) is 3.97. The van der Waals surface area contributed by atoms with Gasteiger partial charge in [-0.25, -0.2) is 4.39 Å². The second kappa shape index (κ2) is 8.68. The molecule has 0 saturated carbocycles. The standard InChI is InChI=1S/C18H17F4N3O3/c1-24(11-12-4-2-3-5-14(12)19)17(26)8-9-23-15-7-6-13(18(20,21)22)10-16(15)25(27)28/h2-7,10,23H,8-9,11H2,1H3. The van der Waals surface area contributed by atoms with Crippen LogP contribution in [0.25, 0.3) is 0 Å². The van der Waals surface area contributed by atoms with E-state index in [1.807, 2.05) is 0 Å². The lowest BCUT2D eigenvalue weighted by Gasteiger charge is -2.18. The van der Waals surface area contributed by atoms with Gasteiger partial charge in [0.25, 0.3) is 5.69 Å². The molecule has 0 bridgehead atoms. The number of nitrogens with one attached hydrogen (secondary N) is 1. The van der Waals surface area contributed by atoms with Crippen molar-refractivity contribution in [2.45, 2.75) is 19.1 Å². The Balaban J connectivity index is 1.97. The van der Waals surface area contributed by atoms with Crippen LogP contribution < -0.4 is 5.32 Å². The molecule has 0 radical (unpaired) electrons. The lowest BCUT2D eigenvalue weighted by atomic mass is 10.1. The summed E-state index contributed by atoms with van der Waals surface area (Å²) in [5, 5.41) is 13.6. The van der Waals surface area contributed by atoms with Gasteiger partial charge in [0, 0.05) is 38.2 Å². The van der Waals surface area contributed by atoms with Crippen LogP contribution in [0.15, 0.2) is 42.5 Å². The molecule has 0 fully saturated rings. The van der Waals surface area contributed by atoms with E-state index in [1.54, 1.807) is 12.1 Å². The van der Waals surface area contributed by atoms with Gasteiger partial charge in [0.15, 0.2) is 0 Å². The van der Waals surface area contributed by atoms with Crippen molar-refractivity contribution in [3.8, 4) is 0 Å². The van der Waals surface area contributed by atoms with Crippen LogP contribution in [0, 0.1) is 15.9 Å². The molecule has 1 N–H and O–H groups in total. The predicted octanol–water partition coefficient (Wildman–Crippen LogP) is 4.21. The van der Waals surface area contributed by atoms with E-state index in [9.17, 15) is 32.5 Å². The summed E-state index contributed by atoms with van der Waals surface area (Å²) in [4.78, 5) is 23.5. The van der Waals surface area contributed by atoms with E-state index in [1.165, 1.54) is 24.1 Å². The molecule has 6 nitrogen and oxygen atoms in total. The molecular formula is C18H17F4N3O3. The predicted molar refractivity (Wildman–Crippen MR) is 94.1 cm³/mol. The van der Waals surface area contributed by atoms with Crippen LogP contribution in [0.1, 0.15) is 17.5 Å². The molecule has 28 heavy (non-hydrogen) atoms. The minimum absolute atomic E-state index is 0.0351. The van der Waals surface area contributed by atoms with Crippen molar-refractivity contribution >= 4 is 17.3 Å². The topological polar surface area (TPSA) is 75.5 Å². The first-order valence-electron chi connectivity index (χ1n) is 8.16. The minimum atomic E-state index is -4.70. The Morgan fingerprint density at radius 3 is 2.50 bits per heavy atom. The molecule has 0 aromatic heterocycles. The average molecular weight is 399 g/mol. The molecule has 0 unspecified atom stereocenters. The summed E-state index contributed by atoms with van der Waals surface area (Å²) in [6.45, 7) is 0.0125. The number of benzene rings is 2. The minimum Gasteiger partial charge on any atom is -0.379 e. The Morgan fingerprint density at radius 2 is 1.89 bits per heavy atom. The molecule has 0 atom stereocenters. The number of nitro groups is 1. The molecule has 0 heterocycles. The van der Waals surface area contributed by atoms with Gasteiger partial charge >= 0.3 is 6.18 Å². The van der Waals surface area contributed by atoms with Gasteiger partial charge in [-0.3, -0.25) is 14.9 Å². The van der Waals surface area contributed by atoms with Gasteiger partial charge in [-0.15, -0.1) is 0 Å². The van der Waals surface area contributed by atoms with Gasteiger partial charge < -0.3 is 10.2 Å². The van der Waals surface area contributed by atoms with Gasteiger partial charge in [-0.2, -0.15) is 13.2 Å². The fourth-order valence-electron chi connectivity index (χ4n) is 2.47. The number of carbonyl (C=O) groups is 1. The lowest BCUT2D eigenvalue weighted by molar-refractivity contribution is -0.384. The number of halogens is 4. The first-order chi connectivity index (χ1) is 13.1. The average Bonchev–Trinajstić information content (AvgIpc) is 2.62. The molecule has 2 aromatic carbocycles. The zero-order valence-corrected chi connectivity index (χ0v) is 14.8. The van der Waals surface area contributed by atoms with Crippen LogP contribution in [0.2, 0.25) is 0 Å². The first kappa shape index (κ1) is 21.1. The van der Waals surface area contributed by atoms with Gasteiger partial charge in [0.2, 0.25) is 5.91 Å². The van der Waals surface area contributed by atoms with Crippen LogP contribution in [0.4, 0.5) is 28.9 Å². The smallest absolute Gasteiger partial charge is 0.379 e. The highest BCUT2D eigenvalue weighted by atomic mass is 19.4. The van der Waals surface area contributed by atoms with E-state index in [-0.39, 0.29) is 31.1 Å². The second-order valence-electron chi connectivity index (χ2n) is 6.00. The highest BCUT2D eigenvalue weighted by Gasteiger charge is 2.33. The molecule has 2 aromatic rings. The number of alkyl halides is 3. The number of nitrogens with zero attached hydrogens (tertiary/aromatic N) is 2. The molecule has 1 amide bonds. The van der Waals surface area contributed by atoms with E-state index in [0.717, 1.165) is 12.1 Å². The quantitative estimate of drug-likeness (QED) is 0.430. The Morgan fingerprint density at radius 1 is 1.21 bits per heavy atom. The van der Waals surface area contributed by atoms with Crippen LogP contribution in [0.3, 0.4) is 0 Å². The van der Waals surface area contributed by atoms with Crippen molar-refractivity contribution < 1.29 is 27.3 Å². The van der Waals surface area contributed by atoms with Crippen LogP contribution >= 0.6 is 0 Å². The molecule has 10 heteroatoms. The first-order valence-corrected chi connectivity index (χ1v) is 8.16. The van der Waals surface area contributed by atoms with E-state index < -0.39 is 28.2 Å². The molecule has 0 aliphatic rings. The van der Waals surface area contributed by atoms with E-state index in [4.69, 9.17) is 0 Å². The second-order valence-corrected chi connectivity index (χ2v) is 6.00. The van der Waals surface area contributed by atoms with Crippen molar-refractivity contribution in [3.63, 3.8) is 0 Å². The van der Waals surface area contributed by atoms with E-state index in [2.05, 4.69) is 5.32 Å². The van der Waals surface area contributed by atoms with Crippen molar-refractivity contribution in [1.29, 1.82) is 0 Å². The Kier molecular flexibility index (Phi) is 6.55. The van der Waals surface area contributed by atoms with Gasteiger partial charge in [0.05, 0.1) is 10.5 Å². The largest absolute Gasteiger partial charge is 0.416 e. The number of hydrogen-bond donors (Lipinski definition) is 1. The molecule has 0 spiro atoms. The fourth-order valence-corrected chi connectivity index (χ4v) is 2.47. The van der Waals surface area contributed by atoms with E-state index >= 15 is 0 Å². The Hall–Kier alpha value is -3.17. The third-order valence-electron chi connectivity index (χ3n) is 3.97.